The van der Waals surface area contributed by atoms with Gasteiger partial charge in [0.25, 0.3) is 0 Å². The van der Waals surface area contributed by atoms with E-state index < -0.39 is 47.3 Å². The summed E-state index contributed by atoms with van der Waals surface area (Å²) < 4.78 is 17.8. The Morgan fingerprint density at radius 3 is 2.26 bits per heavy atom. The summed E-state index contributed by atoms with van der Waals surface area (Å²) in [5.41, 5.74) is 1.54. The highest BCUT2D eigenvalue weighted by atomic mass is 16.6. The number of esters is 1. The van der Waals surface area contributed by atoms with Crippen molar-refractivity contribution < 1.29 is 33.4 Å². The molecule has 1 aliphatic rings. The van der Waals surface area contributed by atoms with Crippen molar-refractivity contribution in [2.45, 2.75) is 104 Å². The second-order valence-corrected chi connectivity index (χ2v) is 12.9. The summed E-state index contributed by atoms with van der Waals surface area (Å²) in [6, 6.07) is 5.61. The molecule has 1 N–H and O–H groups in total. The van der Waals surface area contributed by atoms with Crippen LogP contribution in [-0.4, -0.2) is 70.5 Å². The van der Waals surface area contributed by atoms with Crippen LogP contribution in [0.15, 0.2) is 35.9 Å². The first-order valence-corrected chi connectivity index (χ1v) is 14.4. The van der Waals surface area contributed by atoms with Crippen LogP contribution in [0.2, 0.25) is 0 Å². The predicted octanol–water partition coefficient (Wildman–Crippen LogP) is 5.53. The minimum absolute atomic E-state index is 0.0602. The molecule has 10 nitrogen and oxygen atoms in total. The standard InChI is InChI=1S/C32H45N3O7/c1-20(2)16-17-25-22(21-13-10-11-14-24(21)35(25)30(39)42-32(6,7)8)19-23(33-29(38)41-31(3,4)5)27(36)34-18-12-15-26(34)28(37)40-9/h10-11,13-14,16,23,26H,12,15,17-19H2,1-9H3,(H,33,38)/t23-,26-/m0/s1. The van der Waals surface area contributed by atoms with Gasteiger partial charge in [-0.2, -0.15) is 0 Å². The number of carbonyl (C=O) groups is 4. The van der Waals surface area contributed by atoms with Gasteiger partial charge in [0.05, 0.1) is 12.6 Å². The van der Waals surface area contributed by atoms with Gasteiger partial charge >= 0.3 is 18.2 Å². The van der Waals surface area contributed by atoms with Gasteiger partial charge in [-0.05, 0) is 79.9 Å². The molecule has 0 saturated carbocycles. The van der Waals surface area contributed by atoms with Crippen LogP contribution >= 0.6 is 0 Å². The molecule has 0 aliphatic carbocycles. The van der Waals surface area contributed by atoms with Crippen LogP contribution in [0.5, 0.6) is 0 Å². The normalized spacial score (nSPS) is 16.1. The van der Waals surface area contributed by atoms with Gasteiger partial charge in [-0.3, -0.25) is 4.79 Å². The van der Waals surface area contributed by atoms with E-state index in [-0.39, 0.29) is 6.42 Å². The lowest BCUT2D eigenvalue weighted by atomic mass is 9.99. The molecule has 2 heterocycles. The maximum absolute atomic E-state index is 14.1. The molecule has 1 aliphatic heterocycles. The fourth-order valence-corrected chi connectivity index (χ4v) is 5.08. The van der Waals surface area contributed by atoms with Gasteiger partial charge in [0.15, 0.2) is 0 Å². The van der Waals surface area contributed by atoms with E-state index in [4.69, 9.17) is 14.2 Å². The molecule has 2 atom stereocenters. The Balaban J connectivity index is 2.16. The van der Waals surface area contributed by atoms with E-state index in [1.807, 2.05) is 44.2 Å². The van der Waals surface area contributed by atoms with Crippen molar-refractivity contribution >= 4 is 35.0 Å². The van der Waals surface area contributed by atoms with Crippen LogP contribution in [0.25, 0.3) is 10.9 Å². The highest BCUT2D eigenvalue weighted by molar-refractivity contribution is 5.95. The number of benzene rings is 1. The van der Waals surface area contributed by atoms with E-state index in [9.17, 15) is 19.2 Å². The highest BCUT2D eigenvalue weighted by Crippen LogP contribution is 2.31. The Labute approximate surface area is 248 Å². The van der Waals surface area contributed by atoms with E-state index in [0.29, 0.717) is 37.0 Å². The van der Waals surface area contributed by atoms with Crippen molar-refractivity contribution in [3.63, 3.8) is 0 Å². The molecule has 42 heavy (non-hydrogen) atoms. The molecule has 3 rings (SSSR count). The van der Waals surface area contributed by atoms with Crippen molar-refractivity contribution in [2.75, 3.05) is 13.7 Å². The topological polar surface area (TPSA) is 116 Å². The summed E-state index contributed by atoms with van der Waals surface area (Å²) in [5.74, 6) is -0.918. The largest absolute Gasteiger partial charge is 0.467 e. The van der Waals surface area contributed by atoms with E-state index in [0.717, 1.165) is 16.5 Å². The zero-order valence-corrected chi connectivity index (χ0v) is 26.3. The smallest absolute Gasteiger partial charge is 0.419 e. The quantitative estimate of drug-likeness (QED) is 0.259. The number of fused-ring (bicyclic) bond motifs is 1. The number of hydrogen-bond donors (Lipinski definition) is 1. The van der Waals surface area contributed by atoms with Crippen molar-refractivity contribution in [1.82, 2.24) is 14.8 Å². The number of methoxy groups -OCH3 is 1. The van der Waals surface area contributed by atoms with Crippen LogP contribution in [-0.2, 0) is 36.6 Å². The number of ether oxygens (including phenoxy) is 3. The molecule has 1 saturated heterocycles. The molecule has 0 bridgehead atoms. The van der Waals surface area contributed by atoms with Gasteiger partial charge < -0.3 is 24.4 Å². The number of amides is 2. The summed E-state index contributed by atoms with van der Waals surface area (Å²) in [4.78, 5) is 54.6. The summed E-state index contributed by atoms with van der Waals surface area (Å²) in [7, 11) is 1.29. The number of allylic oxidation sites excluding steroid dienone is 2. The van der Waals surface area contributed by atoms with Crippen LogP contribution in [0, 0.1) is 0 Å². The lowest BCUT2D eigenvalue weighted by molar-refractivity contribution is -0.151. The molecule has 10 heteroatoms. The van der Waals surface area contributed by atoms with Gasteiger partial charge in [0, 0.05) is 30.5 Å². The van der Waals surface area contributed by atoms with E-state index >= 15 is 0 Å². The zero-order chi connectivity index (χ0) is 31.4. The van der Waals surface area contributed by atoms with E-state index in [1.54, 1.807) is 46.1 Å². The number of nitrogens with one attached hydrogen (secondary N) is 1. The molecule has 0 spiro atoms. The first-order chi connectivity index (χ1) is 19.5. The highest BCUT2D eigenvalue weighted by Gasteiger charge is 2.39. The summed E-state index contributed by atoms with van der Waals surface area (Å²) in [5, 5.41) is 3.52. The number of para-hydroxylation sites is 1. The first kappa shape index (κ1) is 32.7. The number of aromatic nitrogens is 1. The molecule has 2 aromatic rings. The molecule has 230 valence electrons. The Kier molecular flexibility index (Phi) is 10.1. The fraction of sp³-hybridized carbons (Fsp3) is 0.562. The van der Waals surface area contributed by atoms with Crippen molar-refractivity contribution in [1.29, 1.82) is 0 Å². The number of hydrogen-bond acceptors (Lipinski definition) is 7. The van der Waals surface area contributed by atoms with Gasteiger partial charge in [-0.15, -0.1) is 0 Å². The Bertz CT molecular complexity index is 1360. The molecule has 1 fully saturated rings. The third-order valence-electron chi connectivity index (χ3n) is 6.77. The summed E-state index contributed by atoms with van der Waals surface area (Å²) in [6.07, 6.45) is 2.28. The number of nitrogens with zero attached hydrogens (tertiary/aromatic N) is 2. The van der Waals surface area contributed by atoms with Crippen molar-refractivity contribution in [3.8, 4) is 0 Å². The summed E-state index contributed by atoms with van der Waals surface area (Å²) >= 11 is 0. The molecule has 0 radical (unpaired) electrons. The van der Waals surface area contributed by atoms with Gasteiger partial charge in [0.1, 0.15) is 23.3 Å². The summed E-state index contributed by atoms with van der Waals surface area (Å²) in [6.45, 7) is 14.9. The van der Waals surface area contributed by atoms with Crippen molar-refractivity contribution in [2.24, 2.45) is 0 Å². The van der Waals surface area contributed by atoms with E-state index in [1.165, 1.54) is 12.0 Å². The molecular weight excluding hydrogens is 538 g/mol. The van der Waals surface area contributed by atoms with Gasteiger partial charge in [0.2, 0.25) is 5.91 Å². The number of likely N-dealkylation sites (tertiary alicyclic amines) is 1. The fourth-order valence-electron chi connectivity index (χ4n) is 5.08. The lowest BCUT2D eigenvalue weighted by Gasteiger charge is -2.29. The van der Waals surface area contributed by atoms with Gasteiger partial charge in [-0.1, -0.05) is 29.8 Å². The van der Waals surface area contributed by atoms with Crippen LogP contribution in [0.4, 0.5) is 9.59 Å². The third kappa shape index (κ3) is 8.14. The van der Waals surface area contributed by atoms with E-state index in [2.05, 4.69) is 5.32 Å². The van der Waals surface area contributed by atoms with Crippen LogP contribution < -0.4 is 5.32 Å². The molecular formula is C32H45N3O7. The number of rotatable bonds is 7. The van der Waals surface area contributed by atoms with Crippen LogP contribution in [0.1, 0.15) is 79.5 Å². The minimum Gasteiger partial charge on any atom is -0.467 e. The average molecular weight is 584 g/mol. The molecule has 1 aromatic heterocycles. The zero-order valence-electron chi connectivity index (χ0n) is 26.3. The van der Waals surface area contributed by atoms with Crippen LogP contribution in [0.3, 0.4) is 0 Å². The SMILES string of the molecule is COC(=O)[C@@H]1CCCN1C(=O)[C@H](Cc1c(CC=C(C)C)n(C(=O)OC(C)(C)C)c2ccccc12)NC(=O)OC(C)(C)C. The second-order valence-electron chi connectivity index (χ2n) is 12.9. The second kappa shape index (κ2) is 13.0. The minimum atomic E-state index is -1.08. The van der Waals surface area contributed by atoms with Crippen molar-refractivity contribution in [3.05, 3.63) is 47.2 Å². The Morgan fingerprint density at radius 1 is 1.02 bits per heavy atom. The lowest BCUT2D eigenvalue weighted by Crippen LogP contribution is -2.53. The van der Waals surface area contributed by atoms with Gasteiger partial charge in [-0.25, -0.2) is 19.0 Å². The average Bonchev–Trinajstić information content (AvgIpc) is 3.47. The maximum atomic E-state index is 14.1. The molecule has 0 unspecified atom stereocenters. The predicted molar refractivity (Wildman–Crippen MR) is 160 cm³/mol. The maximum Gasteiger partial charge on any atom is 0.419 e. The first-order valence-electron chi connectivity index (χ1n) is 14.4. The number of carbonyl (C=O) groups excluding carboxylic acids is 4. The number of alkyl carbamates (subject to hydrolysis) is 1. The third-order valence-corrected chi connectivity index (χ3v) is 6.77. The molecule has 1 aromatic carbocycles. The monoisotopic (exact) mass is 583 g/mol. The Morgan fingerprint density at radius 2 is 1.67 bits per heavy atom. The molecule has 2 amide bonds. The Hall–Kier alpha value is -3.82.